The molecule has 1 aromatic carbocycles. The van der Waals surface area contributed by atoms with E-state index in [1.54, 1.807) is 17.0 Å². The Morgan fingerprint density at radius 2 is 1.51 bits per heavy atom. The van der Waals surface area contributed by atoms with Crippen molar-refractivity contribution >= 4 is 24.8 Å². The number of alkyl carbamates (subject to hydrolysis) is 1. The molecule has 8 nitrogen and oxygen atoms in total. The number of carbonyl (C=O) groups is 2. The molecule has 218 valence electrons. The maximum atomic E-state index is 15.4. The van der Waals surface area contributed by atoms with E-state index >= 15 is 4.39 Å². The highest BCUT2D eigenvalue weighted by Crippen LogP contribution is 2.36. The fourth-order valence-corrected chi connectivity index (χ4v) is 4.67. The first-order valence-corrected chi connectivity index (χ1v) is 13.9. The molecule has 2 amide bonds. The van der Waals surface area contributed by atoms with Gasteiger partial charge in [0.15, 0.2) is 0 Å². The van der Waals surface area contributed by atoms with Crippen LogP contribution in [0.25, 0.3) is 0 Å². The number of nitrogens with zero attached hydrogens (tertiary/aromatic N) is 1. The number of amides is 2. The van der Waals surface area contributed by atoms with Gasteiger partial charge in [0.05, 0.1) is 17.7 Å². The Morgan fingerprint density at radius 1 is 0.974 bits per heavy atom. The minimum atomic E-state index is -0.691. The summed E-state index contributed by atoms with van der Waals surface area (Å²) in [6.45, 7) is 18.8. The Balaban J connectivity index is 1.72. The second kappa shape index (κ2) is 11.3. The fraction of sp³-hybridized carbons (Fsp3) is 0.724. The summed E-state index contributed by atoms with van der Waals surface area (Å²) in [6, 6.07) is 4.69. The predicted molar refractivity (Wildman–Crippen MR) is 149 cm³/mol. The molecule has 10 heteroatoms. The summed E-state index contributed by atoms with van der Waals surface area (Å²) in [5.74, 6) is -0.434. The van der Waals surface area contributed by atoms with Crippen LogP contribution >= 0.6 is 0 Å². The van der Waals surface area contributed by atoms with Crippen LogP contribution in [0.5, 0.6) is 0 Å². The van der Waals surface area contributed by atoms with Crippen molar-refractivity contribution in [3.8, 4) is 0 Å². The third kappa shape index (κ3) is 8.33. The number of carbonyl (C=O) groups excluding carboxylic acids is 2. The molecule has 0 unspecified atom stereocenters. The summed E-state index contributed by atoms with van der Waals surface area (Å²) in [6.07, 6.45) is 1.71. The zero-order chi connectivity index (χ0) is 29.4. The molecular formula is C29H46BFN2O6. The molecule has 1 saturated carbocycles. The number of rotatable bonds is 5. The first-order chi connectivity index (χ1) is 17.8. The van der Waals surface area contributed by atoms with Crippen molar-refractivity contribution in [2.75, 3.05) is 0 Å². The maximum Gasteiger partial charge on any atom is 0.494 e. The lowest BCUT2D eigenvalue weighted by Crippen LogP contribution is -2.48. The number of ether oxygens (including phenoxy) is 2. The topological polar surface area (TPSA) is 86.3 Å². The Kier molecular flexibility index (Phi) is 9.02. The largest absolute Gasteiger partial charge is 0.494 e. The van der Waals surface area contributed by atoms with Gasteiger partial charge >= 0.3 is 19.3 Å². The lowest BCUT2D eigenvalue weighted by atomic mass is 9.78. The average molecular weight is 549 g/mol. The minimum absolute atomic E-state index is 0.0486. The molecule has 2 fully saturated rings. The van der Waals surface area contributed by atoms with Crippen molar-refractivity contribution in [1.82, 2.24) is 10.2 Å². The smallest absolute Gasteiger partial charge is 0.444 e. The number of hydrogen-bond acceptors (Lipinski definition) is 6. The molecule has 0 bridgehead atoms. The summed E-state index contributed by atoms with van der Waals surface area (Å²) >= 11 is 0. The molecule has 1 aliphatic heterocycles. The summed E-state index contributed by atoms with van der Waals surface area (Å²) in [5.41, 5.74) is -1.35. The van der Waals surface area contributed by atoms with Crippen LogP contribution in [0.2, 0.25) is 0 Å². The lowest BCUT2D eigenvalue weighted by Gasteiger charge is -2.38. The Labute approximate surface area is 233 Å². The van der Waals surface area contributed by atoms with Crippen LogP contribution in [-0.2, 0) is 25.3 Å². The van der Waals surface area contributed by atoms with Gasteiger partial charge in [0.1, 0.15) is 17.0 Å². The molecule has 1 aromatic rings. The van der Waals surface area contributed by atoms with Gasteiger partial charge in [-0.05, 0) is 106 Å². The van der Waals surface area contributed by atoms with Gasteiger partial charge in [-0.25, -0.2) is 14.0 Å². The van der Waals surface area contributed by atoms with Crippen LogP contribution in [0.15, 0.2) is 18.2 Å². The van der Waals surface area contributed by atoms with E-state index in [0.29, 0.717) is 36.7 Å². The van der Waals surface area contributed by atoms with E-state index in [0.717, 1.165) is 0 Å². The second-order valence-corrected chi connectivity index (χ2v) is 13.7. The second-order valence-electron chi connectivity index (χ2n) is 13.7. The summed E-state index contributed by atoms with van der Waals surface area (Å²) < 4.78 is 38.6. The Morgan fingerprint density at radius 3 is 2.00 bits per heavy atom. The van der Waals surface area contributed by atoms with E-state index in [2.05, 4.69) is 5.32 Å². The number of halogens is 1. The highest BCUT2D eigenvalue weighted by molar-refractivity contribution is 6.62. The van der Waals surface area contributed by atoms with Crippen LogP contribution in [0.4, 0.5) is 14.0 Å². The van der Waals surface area contributed by atoms with Crippen LogP contribution in [0.1, 0.15) is 100 Å². The van der Waals surface area contributed by atoms with Gasteiger partial charge < -0.3 is 29.0 Å². The van der Waals surface area contributed by atoms with Crippen LogP contribution in [0, 0.1) is 5.82 Å². The molecule has 0 radical (unpaired) electrons. The Bertz CT molecular complexity index is 1030. The van der Waals surface area contributed by atoms with Crippen molar-refractivity contribution in [2.24, 2.45) is 0 Å². The first kappa shape index (κ1) is 31.2. The summed E-state index contributed by atoms with van der Waals surface area (Å²) in [4.78, 5) is 27.1. The number of benzene rings is 1. The van der Waals surface area contributed by atoms with E-state index in [1.165, 1.54) is 6.07 Å². The predicted octanol–water partition coefficient (Wildman–Crippen LogP) is 5.70. The fourth-order valence-electron chi connectivity index (χ4n) is 4.67. The maximum absolute atomic E-state index is 15.4. The third-order valence-corrected chi connectivity index (χ3v) is 7.43. The van der Waals surface area contributed by atoms with E-state index < -0.39 is 47.5 Å². The quantitative estimate of drug-likeness (QED) is 0.476. The van der Waals surface area contributed by atoms with Crippen LogP contribution in [0.3, 0.4) is 0 Å². The van der Waals surface area contributed by atoms with E-state index in [4.69, 9.17) is 18.8 Å². The SMILES string of the molecule is CC(C)(C)OC(=O)N[C@H]1CC[C@H](N(Cc2ccc(B3OC(C)(C)C(C)(C)O3)cc2F)C(=O)OC(C)(C)C)CC1. The van der Waals surface area contributed by atoms with Gasteiger partial charge in [0, 0.05) is 17.6 Å². The molecule has 1 saturated heterocycles. The van der Waals surface area contributed by atoms with Gasteiger partial charge in [-0.1, -0.05) is 12.1 Å². The molecule has 0 spiro atoms. The lowest BCUT2D eigenvalue weighted by molar-refractivity contribution is 0.00578. The summed E-state index contributed by atoms with van der Waals surface area (Å²) in [7, 11) is -0.673. The zero-order valence-corrected chi connectivity index (χ0v) is 25.3. The van der Waals surface area contributed by atoms with Crippen LogP contribution in [-0.4, -0.2) is 58.7 Å². The van der Waals surface area contributed by atoms with E-state index in [1.807, 2.05) is 69.2 Å². The normalized spacial score (nSPS) is 22.8. The molecule has 1 aliphatic carbocycles. The zero-order valence-electron chi connectivity index (χ0n) is 25.3. The van der Waals surface area contributed by atoms with Crippen molar-refractivity contribution in [3.05, 3.63) is 29.6 Å². The average Bonchev–Trinajstić information content (AvgIpc) is 2.98. The molecule has 39 heavy (non-hydrogen) atoms. The van der Waals surface area contributed by atoms with Crippen molar-refractivity contribution in [1.29, 1.82) is 0 Å². The summed E-state index contributed by atoms with van der Waals surface area (Å²) in [5, 5.41) is 2.93. The van der Waals surface area contributed by atoms with E-state index in [9.17, 15) is 9.59 Å². The standard InChI is InChI=1S/C29H46BFN2O6/c1-26(2,3)36-24(34)32-21-13-15-22(16-14-21)33(25(35)37-27(4,5)6)18-19-11-12-20(17-23(19)31)30-38-28(7,8)29(9,10)39-30/h11-12,17,21-22H,13-16,18H2,1-10H3,(H,32,34)/t21-,22-. The molecule has 0 atom stereocenters. The van der Waals surface area contributed by atoms with Gasteiger partial charge in [-0.3, -0.25) is 0 Å². The highest BCUT2D eigenvalue weighted by atomic mass is 19.1. The Hall–Kier alpha value is -2.33. The van der Waals surface area contributed by atoms with Gasteiger partial charge in [-0.2, -0.15) is 0 Å². The van der Waals surface area contributed by atoms with E-state index in [-0.39, 0.29) is 18.6 Å². The van der Waals surface area contributed by atoms with Gasteiger partial charge in [-0.15, -0.1) is 0 Å². The molecule has 3 rings (SSSR count). The van der Waals surface area contributed by atoms with Crippen molar-refractivity contribution < 1.29 is 32.8 Å². The van der Waals surface area contributed by atoms with Crippen molar-refractivity contribution in [2.45, 2.75) is 136 Å². The monoisotopic (exact) mass is 548 g/mol. The highest BCUT2D eigenvalue weighted by Gasteiger charge is 2.51. The number of hydrogen-bond donors (Lipinski definition) is 1. The third-order valence-electron chi connectivity index (χ3n) is 7.43. The number of nitrogens with one attached hydrogen (secondary N) is 1. The van der Waals surface area contributed by atoms with Crippen molar-refractivity contribution in [3.63, 3.8) is 0 Å². The molecular weight excluding hydrogens is 502 g/mol. The molecule has 1 heterocycles. The molecule has 1 N–H and O–H groups in total. The first-order valence-electron chi connectivity index (χ1n) is 13.9. The minimum Gasteiger partial charge on any atom is -0.444 e. The van der Waals surface area contributed by atoms with Gasteiger partial charge in [0.2, 0.25) is 0 Å². The molecule has 0 aromatic heterocycles. The molecule has 2 aliphatic rings. The van der Waals surface area contributed by atoms with Gasteiger partial charge in [0.25, 0.3) is 0 Å². The van der Waals surface area contributed by atoms with Crippen LogP contribution < -0.4 is 10.8 Å².